The molecule has 3 rings (SSSR count). The molecule has 0 radical (unpaired) electrons. The van der Waals surface area contributed by atoms with E-state index in [1.54, 1.807) is 18.2 Å². The van der Waals surface area contributed by atoms with Crippen LogP contribution in [0, 0.1) is 31.1 Å². The van der Waals surface area contributed by atoms with Crippen LogP contribution in [0.1, 0.15) is 42.5 Å². The second-order valence-corrected chi connectivity index (χ2v) is 9.94. The van der Waals surface area contributed by atoms with E-state index in [0.29, 0.717) is 47.9 Å². The fourth-order valence-electron chi connectivity index (χ4n) is 3.54. The van der Waals surface area contributed by atoms with Gasteiger partial charge in [-0.2, -0.15) is 5.26 Å². The van der Waals surface area contributed by atoms with Gasteiger partial charge in [-0.25, -0.2) is 0 Å². The summed E-state index contributed by atoms with van der Waals surface area (Å²) in [5.41, 5.74) is 2.86. The molecule has 2 aromatic carbocycles. The molecule has 0 aliphatic heterocycles. The molecule has 1 amide bonds. The van der Waals surface area contributed by atoms with Crippen molar-refractivity contribution in [3.8, 4) is 23.3 Å². The van der Waals surface area contributed by atoms with Gasteiger partial charge in [0, 0.05) is 6.42 Å². The second kappa shape index (κ2) is 13.4. The van der Waals surface area contributed by atoms with Crippen molar-refractivity contribution in [3.05, 3.63) is 63.7 Å². The molecule has 0 fully saturated rings. The Morgan fingerprint density at radius 2 is 1.78 bits per heavy atom. The number of nitriles is 1. The first-order chi connectivity index (χ1) is 17.8. The summed E-state index contributed by atoms with van der Waals surface area (Å²) >= 11 is 1.31. The minimum Gasteiger partial charge on any atom is -0.490 e. The molecule has 0 aliphatic rings. The number of carbonyl (C=O) groups is 1. The molecule has 0 spiro atoms. The molecule has 9 heteroatoms. The predicted octanol–water partition coefficient (Wildman–Crippen LogP) is 5.76. The van der Waals surface area contributed by atoms with E-state index >= 15 is 0 Å². The number of benzene rings is 2. The lowest BCUT2D eigenvalue weighted by molar-refractivity contribution is -0.112. The van der Waals surface area contributed by atoms with Gasteiger partial charge in [0.15, 0.2) is 11.5 Å². The Hall–Kier alpha value is -3.90. The highest BCUT2D eigenvalue weighted by Crippen LogP contribution is 2.30. The molecule has 0 saturated heterocycles. The molecular formula is C28H32N4O4S. The average Bonchev–Trinajstić information content (AvgIpc) is 3.26. The number of nitrogens with one attached hydrogen (secondary N) is 1. The van der Waals surface area contributed by atoms with Crippen molar-refractivity contribution in [1.29, 1.82) is 5.26 Å². The molecule has 0 unspecified atom stereocenters. The van der Waals surface area contributed by atoms with E-state index in [1.165, 1.54) is 17.4 Å². The number of nitrogens with zero attached hydrogens (tertiary/aromatic N) is 3. The molecule has 8 nitrogen and oxygen atoms in total. The summed E-state index contributed by atoms with van der Waals surface area (Å²) in [6.45, 7) is 11.2. The Morgan fingerprint density at radius 1 is 1.05 bits per heavy atom. The van der Waals surface area contributed by atoms with Crippen LogP contribution in [0.25, 0.3) is 6.08 Å². The van der Waals surface area contributed by atoms with Crippen molar-refractivity contribution < 1.29 is 19.0 Å². The minimum atomic E-state index is -0.545. The molecule has 3 aromatic rings. The highest BCUT2D eigenvalue weighted by Gasteiger charge is 2.14. The lowest BCUT2D eigenvalue weighted by Gasteiger charge is -2.13. The van der Waals surface area contributed by atoms with Crippen molar-refractivity contribution in [3.63, 3.8) is 0 Å². The van der Waals surface area contributed by atoms with E-state index in [4.69, 9.17) is 14.2 Å². The van der Waals surface area contributed by atoms with Crippen LogP contribution >= 0.6 is 11.3 Å². The number of ether oxygens (including phenoxy) is 3. The maximum atomic E-state index is 12.7. The quantitative estimate of drug-likeness (QED) is 0.184. The van der Waals surface area contributed by atoms with Gasteiger partial charge < -0.3 is 14.2 Å². The van der Waals surface area contributed by atoms with E-state index in [2.05, 4.69) is 35.4 Å². The van der Waals surface area contributed by atoms with Gasteiger partial charge in [0.2, 0.25) is 5.13 Å². The van der Waals surface area contributed by atoms with Crippen molar-refractivity contribution >= 4 is 28.5 Å². The van der Waals surface area contributed by atoms with Crippen LogP contribution in [0.5, 0.6) is 17.2 Å². The number of hydrogen-bond acceptors (Lipinski definition) is 8. The monoisotopic (exact) mass is 520 g/mol. The van der Waals surface area contributed by atoms with Crippen LogP contribution in [0.3, 0.4) is 0 Å². The SMILES string of the molecule is CCOc1cc(C=C(C#N)C(=O)Nc2nnc(CC(C)C)s2)ccc1OCCOc1cc(C)cc(C)c1. The first-order valence-electron chi connectivity index (χ1n) is 12.1. The Kier molecular flexibility index (Phi) is 10.0. The summed E-state index contributed by atoms with van der Waals surface area (Å²) in [6, 6.07) is 13.3. The molecule has 0 atom stereocenters. The predicted molar refractivity (Wildman–Crippen MR) is 145 cm³/mol. The lowest BCUT2D eigenvalue weighted by atomic mass is 10.1. The van der Waals surface area contributed by atoms with Crippen LogP contribution < -0.4 is 19.5 Å². The highest BCUT2D eigenvalue weighted by molar-refractivity contribution is 7.15. The lowest BCUT2D eigenvalue weighted by Crippen LogP contribution is -2.13. The zero-order chi connectivity index (χ0) is 26.8. The van der Waals surface area contributed by atoms with Crippen molar-refractivity contribution in [1.82, 2.24) is 10.2 Å². The third-order valence-electron chi connectivity index (χ3n) is 5.02. The second-order valence-electron chi connectivity index (χ2n) is 8.88. The van der Waals surface area contributed by atoms with Crippen molar-refractivity contribution in [2.75, 3.05) is 25.1 Å². The van der Waals surface area contributed by atoms with Gasteiger partial charge in [0.25, 0.3) is 5.91 Å². The summed E-state index contributed by atoms with van der Waals surface area (Å²) in [5, 5.41) is 21.5. The third kappa shape index (κ3) is 8.62. The van der Waals surface area contributed by atoms with Gasteiger partial charge in [-0.05, 0) is 73.7 Å². The summed E-state index contributed by atoms with van der Waals surface area (Å²) in [5.74, 6) is 1.76. The molecule has 1 N–H and O–H groups in total. The summed E-state index contributed by atoms with van der Waals surface area (Å²) in [7, 11) is 0. The smallest absolute Gasteiger partial charge is 0.268 e. The summed E-state index contributed by atoms with van der Waals surface area (Å²) < 4.78 is 17.4. The zero-order valence-electron chi connectivity index (χ0n) is 21.8. The van der Waals surface area contributed by atoms with Gasteiger partial charge in [-0.3, -0.25) is 10.1 Å². The molecular weight excluding hydrogens is 488 g/mol. The fourth-order valence-corrected chi connectivity index (χ4v) is 4.49. The number of amides is 1. The molecule has 0 bridgehead atoms. The Balaban J connectivity index is 1.65. The average molecular weight is 521 g/mol. The topological polar surface area (TPSA) is 106 Å². The van der Waals surface area contributed by atoms with Crippen LogP contribution in [0.4, 0.5) is 5.13 Å². The van der Waals surface area contributed by atoms with Gasteiger partial charge in [0.1, 0.15) is 35.6 Å². The molecule has 194 valence electrons. The van der Waals surface area contributed by atoms with E-state index in [9.17, 15) is 10.1 Å². The third-order valence-corrected chi connectivity index (χ3v) is 5.88. The Labute approximate surface area is 221 Å². The molecule has 1 heterocycles. The van der Waals surface area contributed by atoms with Gasteiger partial charge in [-0.15, -0.1) is 10.2 Å². The number of carbonyl (C=O) groups excluding carboxylic acids is 1. The van der Waals surface area contributed by atoms with Gasteiger partial charge in [-0.1, -0.05) is 37.3 Å². The van der Waals surface area contributed by atoms with Crippen LogP contribution in [-0.4, -0.2) is 35.9 Å². The van der Waals surface area contributed by atoms with E-state index < -0.39 is 5.91 Å². The van der Waals surface area contributed by atoms with Crippen LogP contribution in [0.15, 0.2) is 42.0 Å². The van der Waals surface area contributed by atoms with Gasteiger partial charge in [0.05, 0.1) is 6.61 Å². The number of hydrogen-bond donors (Lipinski definition) is 1. The number of aryl methyl sites for hydroxylation is 2. The highest BCUT2D eigenvalue weighted by atomic mass is 32.1. The molecule has 0 aliphatic carbocycles. The first kappa shape index (κ1) is 27.7. The molecule has 0 saturated carbocycles. The number of rotatable bonds is 12. The van der Waals surface area contributed by atoms with E-state index in [0.717, 1.165) is 28.3 Å². The number of anilines is 1. The Bertz CT molecular complexity index is 1270. The van der Waals surface area contributed by atoms with Crippen molar-refractivity contribution in [2.45, 2.75) is 41.0 Å². The van der Waals surface area contributed by atoms with Crippen LogP contribution in [-0.2, 0) is 11.2 Å². The maximum absolute atomic E-state index is 12.7. The van der Waals surface area contributed by atoms with Crippen LogP contribution in [0.2, 0.25) is 0 Å². The minimum absolute atomic E-state index is 0.0569. The maximum Gasteiger partial charge on any atom is 0.268 e. The fraction of sp³-hybridized carbons (Fsp3) is 0.357. The largest absolute Gasteiger partial charge is 0.490 e. The summed E-state index contributed by atoms with van der Waals surface area (Å²) in [4.78, 5) is 12.7. The van der Waals surface area contributed by atoms with Crippen molar-refractivity contribution in [2.24, 2.45) is 5.92 Å². The summed E-state index contributed by atoms with van der Waals surface area (Å²) in [6.07, 6.45) is 2.28. The standard InChI is InChI=1S/C28H32N4O4S/c1-6-34-25-16-21(7-8-24(25)36-10-9-35-23-13-19(4)12-20(5)14-23)15-22(17-29)27(33)30-28-32-31-26(37-28)11-18(2)3/h7-8,12-16,18H,6,9-11H2,1-5H3,(H,30,32,33). The van der Waals surface area contributed by atoms with Gasteiger partial charge >= 0.3 is 0 Å². The first-order valence-corrected chi connectivity index (χ1v) is 12.9. The van der Waals surface area contributed by atoms with E-state index in [1.807, 2.05) is 39.0 Å². The number of aromatic nitrogens is 2. The van der Waals surface area contributed by atoms with E-state index in [-0.39, 0.29) is 5.57 Å². The Morgan fingerprint density at radius 3 is 2.46 bits per heavy atom. The molecule has 37 heavy (non-hydrogen) atoms. The zero-order valence-corrected chi connectivity index (χ0v) is 22.6. The molecule has 1 aromatic heterocycles. The normalized spacial score (nSPS) is 11.2.